The van der Waals surface area contributed by atoms with Gasteiger partial charge < -0.3 is 10.2 Å². The molecule has 0 saturated heterocycles. The molecule has 0 unspecified atom stereocenters. The Labute approximate surface area is 140 Å². The summed E-state index contributed by atoms with van der Waals surface area (Å²) in [5.41, 5.74) is 4.80. The number of hydrazone groups is 1. The fourth-order valence-corrected chi connectivity index (χ4v) is 2.25. The molecule has 1 N–H and O–H groups in total. The third kappa shape index (κ3) is 4.93. The van der Waals surface area contributed by atoms with Gasteiger partial charge in [0.1, 0.15) is 5.75 Å². The van der Waals surface area contributed by atoms with Crippen LogP contribution in [0.2, 0.25) is 10.0 Å². The SMILES string of the molecule is CC(C)Oc1ccc(Cl)cc1/C=N\NCc1ccccc1Cl. The van der Waals surface area contributed by atoms with E-state index in [4.69, 9.17) is 27.9 Å². The van der Waals surface area contributed by atoms with E-state index in [-0.39, 0.29) is 6.10 Å². The molecule has 0 aromatic heterocycles. The maximum atomic E-state index is 6.09. The fourth-order valence-electron chi connectivity index (χ4n) is 1.87. The Morgan fingerprint density at radius 2 is 1.95 bits per heavy atom. The van der Waals surface area contributed by atoms with Crippen molar-refractivity contribution in [1.82, 2.24) is 5.43 Å². The van der Waals surface area contributed by atoms with Crippen molar-refractivity contribution in [3.8, 4) is 5.75 Å². The van der Waals surface area contributed by atoms with Crippen LogP contribution in [0.1, 0.15) is 25.0 Å². The van der Waals surface area contributed by atoms with Gasteiger partial charge in [-0.15, -0.1) is 0 Å². The lowest BCUT2D eigenvalue weighted by atomic mass is 10.2. The van der Waals surface area contributed by atoms with Crippen molar-refractivity contribution in [2.45, 2.75) is 26.5 Å². The summed E-state index contributed by atoms with van der Waals surface area (Å²) in [4.78, 5) is 0. The zero-order valence-corrected chi connectivity index (χ0v) is 14.0. The molecule has 0 spiro atoms. The van der Waals surface area contributed by atoms with E-state index in [1.165, 1.54) is 0 Å². The van der Waals surface area contributed by atoms with Crippen molar-refractivity contribution in [3.63, 3.8) is 0 Å². The van der Waals surface area contributed by atoms with E-state index in [2.05, 4.69) is 10.5 Å². The minimum Gasteiger partial charge on any atom is -0.490 e. The molecule has 22 heavy (non-hydrogen) atoms. The standard InChI is InChI=1S/C17H18Cl2N2O/c1-12(2)22-17-8-7-15(18)9-14(17)11-21-20-10-13-5-3-4-6-16(13)19/h3-9,11-12,20H,10H2,1-2H3/b21-11-. The van der Waals surface area contributed by atoms with Crippen molar-refractivity contribution in [2.75, 3.05) is 0 Å². The largest absolute Gasteiger partial charge is 0.490 e. The molecule has 5 heteroatoms. The van der Waals surface area contributed by atoms with Crippen LogP contribution in [-0.2, 0) is 6.54 Å². The van der Waals surface area contributed by atoms with E-state index in [1.807, 2.05) is 50.2 Å². The van der Waals surface area contributed by atoms with Gasteiger partial charge >= 0.3 is 0 Å². The molecule has 0 aliphatic rings. The fraction of sp³-hybridized carbons (Fsp3) is 0.235. The molecule has 0 atom stereocenters. The van der Waals surface area contributed by atoms with Gasteiger partial charge in [-0.2, -0.15) is 5.10 Å². The van der Waals surface area contributed by atoms with Gasteiger partial charge in [-0.05, 0) is 43.7 Å². The molecule has 2 rings (SSSR count). The molecule has 3 nitrogen and oxygen atoms in total. The lowest BCUT2D eigenvalue weighted by Gasteiger charge is -2.12. The van der Waals surface area contributed by atoms with Crippen molar-refractivity contribution in [2.24, 2.45) is 5.10 Å². The summed E-state index contributed by atoms with van der Waals surface area (Å²) in [6.45, 7) is 4.51. The highest BCUT2D eigenvalue weighted by Crippen LogP contribution is 2.22. The zero-order chi connectivity index (χ0) is 15.9. The molecule has 0 aliphatic carbocycles. The van der Waals surface area contributed by atoms with Crippen LogP contribution in [0.3, 0.4) is 0 Å². The maximum Gasteiger partial charge on any atom is 0.128 e. The number of rotatable bonds is 6. The first-order valence-electron chi connectivity index (χ1n) is 7.02. The van der Waals surface area contributed by atoms with E-state index >= 15 is 0 Å². The number of nitrogens with one attached hydrogen (secondary N) is 1. The van der Waals surface area contributed by atoms with Gasteiger partial charge in [0.2, 0.25) is 0 Å². The number of hydrogen-bond acceptors (Lipinski definition) is 3. The predicted octanol–water partition coefficient (Wildman–Crippen LogP) is 4.90. The van der Waals surface area contributed by atoms with E-state index in [0.717, 1.165) is 21.9 Å². The molecular formula is C17H18Cl2N2O. The minimum atomic E-state index is 0.0874. The summed E-state index contributed by atoms with van der Waals surface area (Å²) in [5, 5.41) is 5.58. The first-order valence-corrected chi connectivity index (χ1v) is 7.77. The summed E-state index contributed by atoms with van der Waals surface area (Å²) >= 11 is 12.1. The average molecular weight is 337 g/mol. The lowest BCUT2D eigenvalue weighted by molar-refractivity contribution is 0.242. The summed E-state index contributed by atoms with van der Waals surface area (Å²) in [5.74, 6) is 0.752. The number of halogens is 2. The lowest BCUT2D eigenvalue weighted by Crippen LogP contribution is -2.09. The minimum absolute atomic E-state index is 0.0874. The van der Waals surface area contributed by atoms with Crippen LogP contribution >= 0.6 is 23.2 Å². The van der Waals surface area contributed by atoms with Crippen LogP contribution in [0.4, 0.5) is 0 Å². The number of hydrogen-bond donors (Lipinski definition) is 1. The Hall–Kier alpha value is -1.71. The monoisotopic (exact) mass is 336 g/mol. The maximum absolute atomic E-state index is 6.09. The average Bonchev–Trinajstić information content (AvgIpc) is 2.47. The highest BCUT2D eigenvalue weighted by atomic mass is 35.5. The smallest absolute Gasteiger partial charge is 0.128 e. The molecular weight excluding hydrogens is 319 g/mol. The summed E-state index contributed by atoms with van der Waals surface area (Å²) in [6.07, 6.45) is 1.78. The Balaban J connectivity index is 2.03. The van der Waals surface area contributed by atoms with Crippen LogP contribution < -0.4 is 10.2 Å². The van der Waals surface area contributed by atoms with Crippen LogP contribution in [0, 0.1) is 0 Å². The van der Waals surface area contributed by atoms with Crippen molar-refractivity contribution in [1.29, 1.82) is 0 Å². The van der Waals surface area contributed by atoms with Crippen LogP contribution in [0.15, 0.2) is 47.6 Å². The second-order valence-corrected chi connectivity index (χ2v) is 5.88. The molecule has 0 heterocycles. The number of benzene rings is 2. The van der Waals surface area contributed by atoms with Crippen LogP contribution in [0.25, 0.3) is 0 Å². The summed E-state index contributed by atoms with van der Waals surface area (Å²) < 4.78 is 5.74. The second kappa shape index (κ2) is 8.06. The van der Waals surface area contributed by atoms with Crippen molar-refractivity contribution < 1.29 is 4.74 Å². The third-order valence-corrected chi connectivity index (χ3v) is 3.46. The molecule has 116 valence electrons. The highest BCUT2D eigenvalue weighted by molar-refractivity contribution is 6.31. The highest BCUT2D eigenvalue weighted by Gasteiger charge is 2.05. The van der Waals surface area contributed by atoms with E-state index in [9.17, 15) is 0 Å². The zero-order valence-electron chi connectivity index (χ0n) is 12.5. The first kappa shape index (κ1) is 16.7. The quantitative estimate of drug-likeness (QED) is 0.601. The Kier molecular flexibility index (Phi) is 6.10. The molecule has 0 aliphatic heterocycles. The van der Waals surface area contributed by atoms with Crippen LogP contribution in [-0.4, -0.2) is 12.3 Å². The molecule has 0 amide bonds. The molecule has 2 aromatic carbocycles. The Bertz CT molecular complexity index is 657. The summed E-state index contributed by atoms with van der Waals surface area (Å²) in [7, 11) is 0. The van der Waals surface area contributed by atoms with Crippen molar-refractivity contribution in [3.05, 3.63) is 63.6 Å². The van der Waals surface area contributed by atoms with E-state index in [1.54, 1.807) is 12.3 Å². The molecule has 0 saturated carbocycles. The van der Waals surface area contributed by atoms with Gasteiger partial charge in [0.05, 0.1) is 18.9 Å². The van der Waals surface area contributed by atoms with Gasteiger partial charge in [0, 0.05) is 15.6 Å². The normalized spacial score (nSPS) is 11.1. The molecule has 2 aromatic rings. The Morgan fingerprint density at radius 1 is 1.18 bits per heavy atom. The van der Waals surface area contributed by atoms with Gasteiger partial charge in [0.25, 0.3) is 0 Å². The van der Waals surface area contributed by atoms with Gasteiger partial charge in [-0.25, -0.2) is 0 Å². The molecule has 0 radical (unpaired) electrons. The van der Waals surface area contributed by atoms with Gasteiger partial charge in [-0.1, -0.05) is 41.4 Å². The molecule has 0 fully saturated rings. The summed E-state index contributed by atoms with van der Waals surface area (Å²) in [6, 6.07) is 13.1. The van der Waals surface area contributed by atoms with E-state index in [0.29, 0.717) is 11.6 Å². The third-order valence-electron chi connectivity index (χ3n) is 2.86. The van der Waals surface area contributed by atoms with Gasteiger partial charge in [-0.3, -0.25) is 0 Å². The van der Waals surface area contributed by atoms with Crippen LogP contribution in [0.5, 0.6) is 5.75 Å². The van der Waals surface area contributed by atoms with E-state index < -0.39 is 0 Å². The van der Waals surface area contributed by atoms with Crippen molar-refractivity contribution >= 4 is 29.4 Å². The van der Waals surface area contributed by atoms with Gasteiger partial charge in [0.15, 0.2) is 0 Å². The second-order valence-electron chi connectivity index (χ2n) is 5.03. The predicted molar refractivity (Wildman–Crippen MR) is 93.1 cm³/mol. The molecule has 0 bridgehead atoms. The Morgan fingerprint density at radius 3 is 2.68 bits per heavy atom. The first-order chi connectivity index (χ1) is 10.6. The number of nitrogens with zero attached hydrogens (tertiary/aromatic N) is 1. The topological polar surface area (TPSA) is 33.6 Å². The number of ether oxygens (including phenoxy) is 1.